The summed E-state index contributed by atoms with van der Waals surface area (Å²) in [6.45, 7) is 6.08. The first-order chi connectivity index (χ1) is 15.0. The summed E-state index contributed by atoms with van der Waals surface area (Å²) < 4.78 is 7.68. The van der Waals surface area contributed by atoms with Crippen LogP contribution in [-0.4, -0.2) is 24.9 Å². The van der Waals surface area contributed by atoms with Crippen molar-refractivity contribution in [2.24, 2.45) is 0 Å². The van der Waals surface area contributed by atoms with E-state index in [0.29, 0.717) is 23.2 Å². The number of para-hydroxylation sites is 1. The van der Waals surface area contributed by atoms with Crippen LogP contribution < -0.4 is 0 Å². The monoisotopic (exact) mass is 431 g/mol. The summed E-state index contributed by atoms with van der Waals surface area (Å²) in [6.07, 6.45) is 2.78. The number of aryl methyl sites for hydroxylation is 1. The maximum Gasteiger partial charge on any atom is 0.227 e. The van der Waals surface area contributed by atoms with Crippen LogP contribution in [0.25, 0.3) is 11.3 Å². The highest BCUT2D eigenvalue weighted by Gasteiger charge is 2.28. The van der Waals surface area contributed by atoms with Crippen molar-refractivity contribution in [3.8, 4) is 5.69 Å². The predicted octanol–water partition coefficient (Wildman–Crippen LogP) is 5.51. The Balaban J connectivity index is 1.68. The topological polar surface area (TPSA) is 69.6 Å². The number of hydrogen-bond donors (Lipinski definition) is 0. The molecule has 1 atom stereocenters. The van der Waals surface area contributed by atoms with E-state index < -0.39 is 0 Å². The maximum absolute atomic E-state index is 6.15. The summed E-state index contributed by atoms with van der Waals surface area (Å²) >= 11 is 6.15. The first kappa shape index (κ1) is 19.7. The van der Waals surface area contributed by atoms with Crippen molar-refractivity contribution < 1.29 is 4.52 Å². The molecule has 2 aromatic carbocycles. The molecule has 6 nitrogen and oxygen atoms in total. The zero-order chi connectivity index (χ0) is 21.5. The molecule has 0 N–H and O–H groups in total. The molecule has 1 aliphatic rings. The molecule has 31 heavy (non-hydrogen) atoms. The van der Waals surface area contributed by atoms with E-state index in [4.69, 9.17) is 16.1 Å². The Bertz CT molecular complexity index is 1270. The van der Waals surface area contributed by atoms with Crippen molar-refractivity contribution in [1.29, 1.82) is 0 Å². The molecule has 0 aliphatic carbocycles. The Morgan fingerprint density at radius 1 is 1.06 bits per heavy atom. The quantitative estimate of drug-likeness (QED) is 0.426. The minimum Gasteiger partial charge on any atom is -0.339 e. The molecular weight excluding hydrogens is 410 g/mol. The molecule has 5 rings (SSSR count). The molecule has 0 amide bonds. The van der Waals surface area contributed by atoms with Crippen LogP contribution in [0.5, 0.6) is 0 Å². The lowest BCUT2D eigenvalue weighted by atomic mass is 9.93. The number of allylic oxidation sites excluding steroid dienone is 1. The van der Waals surface area contributed by atoms with Crippen LogP contribution in [0.4, 0.5) is 0 Å². The summed E-state index contributed by atoms with van der Waals surface area (Å²) in [7, 11) is 0. The van der Waals surface area contributed by atoms with Crippen LogP contribution in [0.3, 0.4) is 0 Å². The number of benzene rings is 2. The fourth-order valence-electron chi connectivity index (χ4n) is 3.98. The smallest absolute Gasteiger partial charge is 0.227 e. The van der Waals surface area contributed by atoms with E-state index in [0.717, 1.165) is 34.0 Å². The third-order valence-corrected chi connectivity index (χ3v) is 5.79. The van der Waals surface area contributed by atoms with Crippen LogP contribution >= 0.6 is 11.6 Å². The number of nitrogens with zero attached hydrogens (tertiary/aromatic N) is 5. The van der Waals surface area contributed by atoms with E-state index in [1.807, 2.05) is 37.3 Å². The van der Waals surface area contributed by atoms with Crippen molar-refractivity contribution in [3.05, 3.63) is 94.1 Å². The Morgan fingerprint density at radius 2 is 1.84 bits per heavy atom. The van der Waals surface area contributed by atoms with Gasteiger partial charge in [0, 0.05) is 28.8 Å². The van der Waals surface area contributed by atoms with E-state index in [-0.39, 0.29) is 11.8 Å². The lowest BCUT2D eigenvalue weighted by Gasteiger charge is -2.13. The minimum absolute atomic E-state index is 0.0836. The normalized spacial score (nSPS) is 15.4. The highest BCUT2D eigenvalue weighted by atomic mass is 35.5. The van der Waals surface area contributed by atoms with Crippen LogP contribution in [0, 0.1) is 6.92 Å². The average Bonchev–Trinajstić information content (AvgIpc) is 3.35. The van der Waals surface area contributed by atoms with Gasteiger partial charge in [0.1, 0.15) is 11.6 Å². The first-order valence-corrected chi connectivity index (χ1v) is 10.7. The first-order valence-electron chi connectivity index (χ1n) is 10.3. The molecule has 0 fully saturated rings. The van der Waals surface area contributed by atoms with Crippen molar-refractivity contribution in [2.75, 3.05) is 0 Å². The van der Waals surface area contributed by atoms with Crippen molar-refractivity contribution in [2.45, 2.75) is 39.0 Å². The fraction of sp³-hybridized carbons (Fsp3) is 0.250. The molecule has 3 heterocycles. The van der Waals surface area contributed by atoms with Crippen molar-refractivity contribution in [3.63, 3.8) is 0 Å². The number of halogens is 1. The van der Waals surface area contributed by atoms with Gasteiger partial charge in [-0.2, -0.15) is 4.98 Å². The second-order valence-corrected chi connectivity index (χ2v) is 8.49. The molecule has 0 unspecified atom stereocenters. The molecule has 4 aromatic rings. The van der Waals surface area contributed by atoms with Gasteiger partial charge in [0.25, 0.3) is 0 Å². The molecule has 0 saturated carbocycles. The highest BCUT2D eigenvalue weighted by Crippen LogP contribution is 2.38. The van der Waals surface area contributed by atoms with Gasteiger partial charge in [-0.25, -0.2) is 0 Å². The van der Waals surface area contributed by atoms with Gasteiger partial charge >= 0.3 is 0 Å². The molecule has 7 heteroatoms. The number of hydrogen-bond acceptors (Lipinski definition) is 5. The summed E-state index contributed by atoms with van der Waals surface area (Å²) in [4.78, 5) is 4.59. The summed E-state index contributed by atoms with van der Waals surface area (Å²) in [5.41, 5.74) is 4.37. The molecule has 1 aliphatic heterocycles. The van der Waals surface area contributed by atoms with Crippen LogP contribution in [0.15, 0.2) is 59.1 Å². The van der Waals surface area contributed by atoms with Gasteiger partial charge in [0.2, 0.25) is 5.89 Å². The standard InChI is InChI=1S/C24H22ClN5O/c1-14(2)23-26-22(31-29-23)13-17-12-20(16-8-10-18(25)11-9-16)19-6-4-5-7-21(19)30-15(3)27-28-24(17)30/h4-12,14,17H,13H2,1-3H3/t17-/m0/s1. The van der Waals surface area contributed by atoms with Gasteiger partial charge < -0.3 is 4.52 Å². The Morgan fingerprint density at radius 3 is 2.58 bits per heavy atom. The molecule has 2 aromatic heterocycles. The molecule has 0 saturated heterocycles. The summed E-state index contributed by atoms with van der Waals surface area (Å²) in [5, 5.41) is 13.7. The lowest BCUT2D eigenvalue weighted by molar-refractivity contribution is 0.366. The van der Waals surface area contributed by atoms with Crippen LogP contribution in [0.1, 0.15) is 60.2 Å². The van der Waals surface area contributed by atoms with Gasteiger partial charge in [-0.05, 0) is 36.3 Å². The summed E-state index contributed by atoms with van der Waals surface area (Å²) in [6, 6.07) is 16.2. The molecule has 0 radical (unpaired) electrons. The summed E-state index contributed by atoms with van der Waals surface area (Å²) in [5.74, 6) is 3.14. The van der Waals surface area contributed by atoms with E-state index in [9.17, 15) is 0 Å². The van der Waals surface area contributed by atoms with E-state index in [1.54, 1.807) is 0 Å². The zero-order valence-electron chi connectivity index (χ0n) is 17.6. The minimum atomic E-state index is -0.0836. The molecule has 0 spiro atoms. The SMILES string of the molecule is Cc1nnc2n1-c1ccccc1C(c1ccc(Cl)cc1)=C[C@H]2Cc1nc(C(C)C)no1. The number of rotatable bonds is 4. The van der Waals surface area contributed by atoms with Gasteiger partial charge in [-0.1, -0.05) is 67.0 Å². The number of aromatic nitrogens is 5. The van der Waals surface area contributed by atoms with Gasteiger partial charge in [-0.3, -0.25) is 4.57 Å². The third-order valence-electron chi connectivity index (χ3n) is 5.53. The van der Waals surface area contributed by atoms with Crippen molar-refractivity contribution >= 4 is 17.2 Å². The Hall–Kier alpha value is -3.25. The maximum atomic E-state index is 6.15. The van der Waals surface area contributed by atoms with E-state index in [1.165, 1.54) is 0 Å². The predicted molar refractivity (Wildman–Crippen MR) is 119 cm³/mol. The van der Waals surface area contributed by atoms with Crippen LogP contribution in [-0.2, 0) is 6.42 Å². The molecular formula is C24H22ClN5O. The van der Waals surface area contributed by atoms with Gasteiger partial charge in [0.15, 0.2) is 5.82 Å². The fourth-order valence-corrected chi connectivity index (χ4v) is 4.11. The Labute approximate surface area is 185 Å². The highest BCUT2D eigenvalue weighted by molar-refractivity contribution is 6.30. The van der Waals surface area contributed by atoms with E-state index >= 15 is 0 Å². The largest absolute Gasteiger partial charge is 0.339 e. The lowest BCUT2D eigenvalue weighted by Crippen LogP contribution is -2.09. The van der Waals surface area contributed by atoms with Gasteiger partial charge in [0.05, 0.1) is 5.69 Å². The second-order valence-electron chi connectivity index (χ2n) is 8.06. The molecule has 0 bridgehead atoms. The van der Waals surface area contributed by atoms with Gasteiger partial charge in [-0.15, -0.1) is 10.2 Å². The van der Waals surface area contributed by atoms with E-state index in [2.05, 4.69) is 63.0 Å². The Kier molecular flexibility index (Phi) is 4.94. The number of fused-ring (bicyclic) bond motifs is 3. The third kappa shape index (κ3) is 3.57. The average molecular weight is 432 g/mol. The zero-order valence-corrected chi connectivity index (χ0v) is 18.3. The van der Waals surface area contributed by atoms with Crippen molar-refractivity contribution in [1.82, 2.24) is 24.9 Å². The van der Waals surface area contributed by atoms with Crippen LogP contribution in [0.2, 0.25) is 5.02 Å². The second kappa shape index (κ2) is 7.78. The molecule has 156 valence electrons.